The predicted molar refractivity (Wildman–Crippen MR) is 328 cm³/mol. The molecule has 0 amide bonds. The summed E-state index contributed by atoms with van der Waals surface area (Å²) in [5.74, 6) is 1.25. The quantitative estimate of drug-likeness (QED) is 0.144. The summed E-state index contributed by atoms with van der Waals surface area (Å²) in [4.78, 5) is 8.99. The van der Waals surface area contributed by atoms with Crippen LogP contribution in [0, 0.1) is 5.92 Å². The summed E-state index contributed by atoms with van der Waals surface area (Å²) in [6, 6.07) is 41.4. The number of fused-ring (bicyclic) bond motifs is 5. The van der Waals surface area contributed by atoms with Gasteiger partial charge in [0.15, 0.2) is 0 Å². The largest absolute Gasteiger partial charge is 0.457 e. The minimum atomic E-state index is -3.87. The first-order chi connectivity index (χ1) is 42.1. The van der Waals surface area contributed by atoms with Crippen LogP contribution < -0.4 is 14.5 Å². The van der Waals surface area contributed by atoms with Crippen LogP contribution in [0.5, 0.6) is 11.5 Å². The Balaban J connectivity index is 1.17. The van der Waals surface area contributed by atoms with E-state index in [0.717, 1.165) is 68.5 Å². The Morgan fingerprint density at radius 1 is 0.597 bits per heavy atom. The fraction of sp³-hybridized carbons (Fsp3) is 0.347. The predicted octanol–water partition coefficient (Wildman–Crippen LogP) is 20.0. The van der Waals surface area contributed by atoms with Crippen molar-refractivity contribution in [2.24, 2.45) is 5.92 Å². The number of ether oxygens (including phenoxy) is 1. The molecule has 9 aromatic rings. The molecule has 0 fully saturated rings. The van der Waals surface area contributed by atoms with Gasteiger partial charge in [-0.05, 0) is 163 Å². The van der Waals surface area contributed by atoms with Crippen molar-refractivity contribution >= 4 is 44.6 Å². The summed E-state index contributed by atoms with van der Waals surface area (Å²) in [7, 11) is 0. The Kier molecular flexibility index (Phi) is 9.20. The van der Waals surface area contributed by atoms with Gasteiger partial charge in [0.1, 0.15) is 24.0 Å². The number of nitrogens with zero attached hydrogens (tertiary/aromatic N) is 4. The number of benzene rings is 7. The van der Waals surface area contributed by atoms with Crippen LogP contribution in [-0.2, 0) is 33.4 Å². The molecule has 7 aromatic carbocycles. The fourth-order valence-corrected chi connectivity index (χ4v) is 11.4. The van der Waals surface area contributed by atoms with Crippen LogP contribution in [0.4, 0.5) is 22.7 Å². The Bertz CT molecular complexity index is 4330. The summed E-state index contributed by atoms with van der Waals surface area (Å²) >= 11 is 0. The zero-order valence-corrected chi connectivity index (χ0v) is 46.7. The van der Waals surface area contributed by atoms with Crippen LogP contribution in [0.15, 0.2) is 158 Å². The number of anilines is 4. The highest BCUT2D eigenvalue weighted by Gasteiger charge is 2.38. The Morgan fingerprint density at radius 3 is 1.94 bits per heavy atom. The molecule has 0 atom stereocenters. The van der Waals surface area contributed by atoms with Crippen LogP contribution in [0.25, 0.3) is 49.9 Å². The molecule has 0 radical (unpaired) electrons. The maximum Gasteiger partial charge on any atom is 0.137 e. The third-order valence-corrected chi connectivity index (χ3v) is 15.7. The van der Waals surface area contributed by atoms with E-state index in [1.165, 1.54) is 0 Å². The molecule has 5 heteroatoms. The van der Waals surface area contributed by atoms with Crippen LogP contribution >= 0.6 is 0 Å². The lowest BCUT2D eigenvalue weighted by Crippen LogP contribution is -2.33. The molecule has 2 aromatic heterocycles. The summed E-state index contributed by atoms with van der Waals surface area (Å²) in [5, 5.41) is 2.10. The third-order valence-electron chi connectivity index (χ3n) is 15.7. The lowest BCUT2D eigenvalue weighted by atomic mass is 9.63. The smallest absolute Gasteiger partial charge is 0.137 e. The molecule has 0 spiro atoms. The second-order valence-electron chi connectivity index (χ2n) is 25.0. The van der Waals surface area contributed by atoms with Crippen molar-refractivity contribution in [3.8, 4) is 39.6 Å². The average Bonchev–Trinajstić information content (AvgIpc) is 1.37. The van der Waals surface area contributed by atoms with E-state index in [0.29, 0.717) is 34.0 Å². The van der Waals surface area contributed by atoms with Crippen LogP contribution in [0.3, 0.4) is 0 Å². The molecule has 0 saturated carbocycles. The first-order valence-corrected chi connectivity index (χ1v) is 27.0. The zero-order chi connectivity index (χ0) is 66.5. The van der Waals surface area contributed by atoms with E-state index in [-0.39, 0.29) is 45.2 Å². The number of para-hydroxylation sites is 3. The molecule has 0 N–H and O–H groups in total. The molecule has 394 valence electrons. The highest BCUT2D eigenvalue weighted by atomic mass is 16.5. The molecular formula is C72H80N4O. The summed E-state index contributed by atoms with van der Waals surface area (Å²) in [5.41, 5.74) is 1.92. The van der Waals surface area contributed by atoms with Gasteiger partial charge in [0.25, 0.3) is 0 Å². The van der Waals surface area contributed by atoms with E-state index in [2.05, 4.69) is 94.3 Å². The van der Waals surface area contributed by atoms with Gasteiger partial charge < -0.3 is 14.5 Å². The van der Waals surface area contributed by atoms with Gasteiger partial charge in [-0.1, -0.05) is 176 Å². The molecule has 5 nitrogen and oxygen atoms in total. The average molecular weight is 1030 g/mol. The molecule has 11 rings (SSSR count). The van der Waals surface area contributed by atoms with Gasteiger partial charge in [-0.25, -0.2) is 4.98 Å². The first kappa shape index (κ1) is 37.6. The lowest BCUT2D eigenvalue weighted by Gasteiger charge is -2.42. The summed E-state index contributed by atoms with van der Waals surface area (Å²) < 4.78 is 140. The van der Waals surface area contributed by atoms with E-state index in [1.54, 1.807) is 40.7 Å². The minimum absolute atomic E-state index is 0.0495. The monoisotopic (exact) mass is 1030 g/mol. The van der Waals surface area contributed by atoms with Crippen molar-refractivity contribution in [1.29, 1.82) is 0 Å². The van der Waals surface area contributed by atoms with Gasteiger partial charge in [0.05, 0.1) is 32.2 Å². The molecule has 77 heavy (non-hydrogen) atoms. The summed E-state index contributed by atoms with van der Waals surface area (Å²) in [6.07, 6.45) is 1.57. The first-order valence-electron chi connectivity index (χ1n) is 34.0. The number of hydrogen-bond donors (Lipinski definition) is 0. The second kappa shape index (κ2) is 18.8. The third kappa shape index (κ3) is 9.74. The van der Waals surface area contributed by atoms with Crippen molar-refractivity contribution in [2.75, 3.05) is 16.5 Å². The molecule has 0 bridgehead atoms. The second-order valence-corrected chi connectivity index (χ2v) is 25.0. The number of pyridine rings is 1. The molecule has 1 aliphatic carbocycles. The van der Waals surface area contributed by atoms with Gasteiger partial charge in [-0.15, -0.1) is 0 Å². The van der Waals surface area contributed by atoms with Gasteiger partial charge >= 0.3 is 0 Å². The molecular weight excluding hydrogens is 937 g/mol. The molecule has 1 aliphatic heterocycles. The van der Waals surface area contributed by atoms with Gasteiger partial charge in [0.2, 0.25) is 0 Å². The van der Waals surface area contributed by atoms with Crippen molar-refractivity contribution < 1.29 is 23.9 Å². The maximum absolute atomic E-state index is 10.4. The van der Waals surface area contributed by atoms with Gasteiger partial charge in [-0.3, -0.25) is 4.57 Å². The van der Waals surface area contributed by atoms with Crippen molar-refractivity contribution in [1.82, 2.24) is 9.55 Å². The highest BCUT2D eigenvalue weighted by molar-refractivity contribution is 6.09. The fourth-order valence-electron chi connectivity index (χ4n) is 11.4. The highest BCUT2D eigenvalue weighted by Crippen LogP contribution is 2.54. The van der Waals surface area contributed by atoms with Crippen LogP contribution in [0.2, 0.25) is 0 Å². The molecule has 0 unspecified atom stereocenters. The van der Waals surface area contributed by atoms with Crippen molar-refractivity contribution in [2.45, 2.75) is 150 Å². The van der Waals surface area contributed by atoms with Crippen LogP contribution in [-0.4, -0.2) is 16.2 Å². The number of hydrogen-bond acceptors (Lipinski definition) is 4. The lowest BCUT2D eigenvalue weighted by molar-refractivity contribution is 0.332. The molecule has 2 aliphatic rings. The van der Waals surface area contributed by atoms with Crippen LogP contribution in [0.1, 0.15) is 169 Å². The van der Waals surface area contributed by atoms with E-state index in [4.69, 9.17) is 22.1 Å². The van der Waals surface area contributed by atoms with E-state index < -0.39 is 67.4 Å². The van der Waals surface area contributed by atoms with Crippen molar-refractivity contribution in [3.63, 3.8) is 0 Å². The van der Waals surface area contributed by atoms with E-state index in [9.17, 15) is 6.85 Å². The standard InChI is InChI=1S/C72H80N4O/c1-46(2)35-47-36-58(48-27-30-60-61(40-48)72(14,15)33-32-71(60,12)13)67(59(37-47)49-38-51(69(6,7)8)41-52(39-49)70(9,10)11)75-45-74(63-25-18-19-26-64(63)75)53-21-20-22-54(43-53)77-55-28-29-57-56-23-16-17-24-62(56)76(65(57)44-55)66-42-50(31-34-73-66)68(3,4)5/h16-31,34,36-44,46H,32-33,35,45H2,1-15H3/i6D3,7D3,8D3,35D2,38D,39D,41D. The number of rotatable bonds is 9. The van der Waals surface area contributed by atoms with E-state index in [1.807, 2.05) is 102 Å². The maximum atomic E-state index is 10.4. The topological polar surface area (TPSA) is 33.5 Å². The normalized spacial score (nSPS) is 18.7. The summed E-state index contributed by atoms with van der Waals surface area (Å²) in [6.45, 7) is 12.4. The van der Waals surface area contributed by atoms with Gasteiger partial charge in [0, 0.05) is 61.0 Å². The Labute approximate surface area is 479 Å². The molecule has 0 saturated heterocycles. The van der Waals surface area contributed by atoms with Crippen molar-refractivity contribution in [3.05, 3.63) is 191 Å². The van der Waals surface area contributed by atoms with Gasteiger partial charge in [-0.2, -0.15) is 0 Å². The number of aromatic nitrogens is 2. The minimum Gasteiger partial charge on any atom is -0.457 e. The molecule has 3 heterocycles. The Hall–Kier alpha value is -7.11. The van der Waals surface area contributed by atoms with E-state index >= 15 is 0 Å². The zero-order valence-electron chi connectivity index (χ0n) is 60.7. The SMILES string of the molecule is [2H]c1c(-c2cc(C([2H])([2H])C(C)C)cc(-c3ccc4c(c3)C(C)(C)CCC4(C)C)c2N2CN(c3cccc(Oc4ccc5c6ccccc6n(-c6cc(C(C)(C)C)ccn6)c5c4)c3)c3ccccc32)c([2H])c(C(C([2H])([2H])[2H])(C([2H])([2H])[2H])C([2H])([2H])[2H])c([2H])c1C(C)(C)C. The Morgan fingerprint density at radius 2 is 1.23 bits per heavy atom.